The minimum atomic E-state index is -0.475. The molecule has 22 heavy (non-hydrogen) atoms. The molecule has 0 fully saturated rings. The van der Waals surface area contributed by atoms with Crippen molar-refractivity contribution in [1.29, 1.82) is 0 Å². The van der Waals surface area contributed by atoms with Gasteiger partial charge in [-0.2, -0.15) is 0 Å². The molecule has 0 aliphatic carbocycles. The van der Waals surface area contributed by atoms with Crippen LogP contribution in [0.15, 0.2) is 65.8 Å². The molecule has 4 nitrogen and oxygen atoms in total. The summed E-state index contributed by atoms with van der Waals surface area (Å²) >= 11 is 0.322. The molecule has 0 aromatic heterocycles. The predicted octanol–water partition coefficient (Wildman–Crippen LogP) is 2.18. The van der Waals surface area contributed by atoms with Crippen LogP contribution in [-0.2, 0) is 21.0 Å². The summed E-state index contributed by atoms with van der Waals surface area (Å²) in [5, 5.41) is 4.46. The standard InChI is InChI=1S/C17H17NO3Se/c19-17(13-18-21-14-15-7-3-1-4-8-15)20-11-12-22-16-9-5-2-6-10-16/h1-10,13H,11-12,14H2/b18-13+. The normalized spacial score (nSPS) is 10.5. The summed E-state index contributed by atoms with van der Waals surface area (Å²) in [5.74, 6) is -0.475. The van der Waals surface area contributed by atoms with E-state index in [0.29, 0.717) is 28.2 Å². The number of oxime groups is 1. The number of carbonyl (C=O) groups excluding carboxylic acids is 1. The third-order valence-electron chi connectivity index (χ3n) is 2.65. The summed E-state index contributed by atoms with van der Waals surface area (Å²) in [6.45, 7) is 0.736. The summed E-state index contributed by atoms with van der Waals surface area (Å²) in [7, 11) is 0. The molecule has 0 heterocycles. The molecule has 0 unspecified atom stereocenters. The van der Waals surface area contributed by atoms with Crippen LogP contribution < -0.4 is 4.46 Å². The van der Waals surface area contributed by atoms with Crippen LogP contribution in [0.1, 0.15) is 5.56 Å². The van der Waals surface area contributed by atoms with Gasteiger partial charge in [-0.05, 0) is 0 Å². The summed E-state index contributed by atoms with van der Waals surface area (Å²) in [6, 6.07) is 19.8. The number of nitrogens with zero attached hydrogens (tertiary/aromatic N) is 1. The molecule has 0 atom stereocenters. The molecule has 0 aliphatic rings. The van der Waals surface area contributed by atoms with E-state index in [1.54, 1.807) is 0 Å². The Morgan fingerprint density at radius 1 is 1.05 bits per heavy atom. The van der Waals surface area contributed by atoms with Gasteiger partial charge in [0.2, 0.25) is 0 Å². The molecule has 0 N–H and O–H groups in total. The van der Waals surface area contributed by atoms with Crippen molar-refractivity contribution in [3.05, 3.63) is 66.2 Å². The number of rotatable bonds is 8. The zero-order valence-electron chi connectivity index (χ0n) is 12.1. The Hall–Kier alpha value is -2.10. The summed E-state index contributed by atoms with van der Waals surface area (Å²) in [4.78, 5) is 16.5. The van der Waals surface area contributed by atoms with E-state index in [2.05, 4.69) is 17.3 Å². The van der Waals surface area contributed by atoms with E-state index in [-0.39, 0.29) is 0 Å². The molecule has 0 saturated heterocycles. The zero-order valence-corrected chi connectivity index (χ0v) is 13.8. The Morgan fingerprint density at radius 3 is 2.45 bits per heavy atom. The first-order chi connectivity index (χ1) is 10.8. The third-order valence-corrected chi connectivity index (χ3v) is 4.69. The van der Waals surface area contributed by atoms with Crippen molar-refractivity contribution < 1.29 is 14.4 Å². The number of esters is 1. The average molecular weight is 362 g/mol. The van der Waals surface area contributed by atoms with Gasteiger partial charge in [0.25, 0.3) is 0 Å². The predicted molar refractivity (Wildman–Crippen MR) is 87.3 cm³/mol. The first kappa shape index (κ1) is 16.3. The maximum absolute atomic E-state index is 11.4. The number of hydrogen-bond donors (Lipinski definition) is 0. The van der Waals surface area contributed by atoms with Gasteiger partial charge < -0.3 is 0 Å². The van der Waals surface area contributed by atoms with Crippen molar-refractivity contribution in [2.45, 2.75) is 11.9 Å². The van der Waals surface area contributed by atoms with E-state index in [1.165, 1.54) is 4.46 Å². The van der Waals surface area contributed by atoms with Crippen molar-refractivity contribution in [1.82, 2.24) is 0 Å². The number of hydrogen-bond acceptors (Lipinski definition) is 4. The first-order valence-electron chi connectivity index (χ1n) is 6.88. The molecule has 0 aliphatic heterocycles. The van der Waals surface area contributed by atoms with Crippen LogP contribution in [0, 0.1) is 0 Å². The van der Waals surface area contributed by atoms with Crippen molar-refractivity contribution in [3.63, 3.8) is 0 Å². The van der Waals surface area contributed by atoms with Gasteiger partial charge in [-0.25, -0.2) is 0 Å². The second kappa shape index (κ2) is 9.77. The summed E-state index contributed by atoms with van der Waals surface area (Å²) in [6.07, 6.45) is 1.07. The molecular weight excluding hydrogens is 345 g/mol. The van der Waals surface area contributed by atoms with Gasteiger partial charge in [-0.15, -0.1) is 0 Å². The van der Waals surface area contributed by atoms with Gasteiger partial charge in [0, 0.05) is 0 Å². The fourth-order valence-electron chi connectivity index (χ4n) is 1.62. The van der Waals surface area contributed by atoms with Crippen LogP contribution in [0.25, 0.3) is 0 Å². The fraction of sp³-hybridized carbons (Fsp3) is 0.176. The van der Waals surface area contributed by atoms with Gasteiger partial charge in [0.15, 0.2) is 0 Å². The van der Waals surface area contributed by atoms with Crippen LogP contribution in [-0.4, -0.2) is 33.7 Å². The van der Waals surface area contributed by atoms with Crippen molar-refractivity contribution >= 4 is 31.6 Å². The van der Waals surface area contributed by atoms with Crippen molar-refractivity contribution in [2.75, 3.05) is 6.61 Å². The molecule has 114 valence electrons. The van der Waals surface area contributed by atoms with Crippen LogP contribution in [0.5, 0.6) is 0 Å². The number of benzene rings is 2. The van der Waals surface area contributed by atoms with Gasteiger partial charge in [0.1, 0.15) is 0 Å². The van der Waals surface area contributed by atoms with Crippen LogP contribution in [0.3, 0.4) is 0 Å². The third kappa shape index (κ3) is 6.57. The monoisotopic (exact) mass is 363 g/mol. The molecular formula is C17H17NO3Se. The van der Waals surface area contributed by atoms with Gasteiger partial charge in [-0.3, -0.25) is 0 Å². The van der Waals surface area contributed by atoms with E-state index in [4.69, 9.17) is 9.57 Å². The molecule has 0 amide bonds. The minimum absolute atomic E-state index is 0.322. The van der Waals surface area contributed by atoms with E-state index in [0.717, 1.165) is 17.1 Å². The number of ether oxygens (including phenoxy) is 1. The quantitative estimate of drug-likeness (QED) is 0.238. The van der Waals surface area contributed by atoms with Crippen molar-refractivity contribution in [2.24, 2.45) is 5.16 Å². The van der Waals surface area contributed by atoms with Crippen LogP contribution in [0.2, 0.25) is 5.32 Å². The molecule has 5 heteroatoms. The van der Waals surface area contributed by atoms with E-state index in [1.807, 2.05) is 48.5 Å². The molecule has 2 aromatic carbocycles. The van der Waals surface area contributed by atoms with Crippen molar-refractivity contribution in [3.8, 4) is 0 Å². The SMILES string of the molecule is O=C(/C=N/OCc1ccccc1)OCC[Se]c1ccccc1. The van der Waals surface area contributed by atoms with Crippen LogP contribution >= 0.6 is 0 Å². The fourth-order valence-corrected chi connectivity index (χ4v) is 3.20. The average Bonchev–Trinajstić information content (AvgIpc) is 2.57. The Bertz CT molecular complexity index is 587. The molecule has 0 saturated carbocycles. The van der Waals surface area contributed by atoms with Gasteiger partial charge >= 0.3 is 136 Å². The van der Waals surface area contributed by atoms with Gasteiger partial charge in [0.05, 0.1) is 0 Å². The molecule has 0 spiro atoms. The van der Waals surface area contributed by atoms with Gasteiger partial charge in [-0.1, -0.05) is 0 Å². The molecule has 2 rings (SSSR count). The van der Waals surface area contributed by atoms with Crippen LogP contribution in [0.4, 0.5) is 0 Å². The Kier molecular flexibility index (Phi) is 7.22. The summed E-state index contributed by atoms with van der Waals surface area (Å²) in [5.41, 5.74) is 0.999. The molecule has 0 radical (unpaired) electrons. The van der Waals surface area contributed by atoms with E-state index >= 15 is 0 Å². The maximum atomic E-state index is 11.4. The molecule has 2 aromatic rings. The Morgan fingerprint density at radius 2 is 1.73 bits per heavy atom. The van der Waals surface area contributed by atoms with E-state index < -0.39 is 5.97 Å². The first-order valence-corrected chi connectivity index (χ1v) is 8.95. The molecule has 0 bridgehead atoms. The second-order valence-electron chi connectivity index (χ2n) is 4.32. The Labute approximate surface area is 136 Å². The van der Waals surface area contributed by atoms with E-state index in [9.17, 15) is 4.79 Å². The number of carbonyl (C=O) groups is 1. The Balaban J connectivity index is 1.56. The zero-order chi connectivity index (χ0) is 15.5. The topological polar surface area (TPSA) is 47.9 Å². The second-order valence-corrected chi connectivity index (χ2v) is 6.77. The summed E-state index contributed by atoms with van der Waals surface area (Å²) < 4.78 is 6.36.